The lowest BCUT2D eigenvalue weighted by Crippen LogP contribution is -2.51. The molecule has 0 spiro atoms. The van der Waals surface area contributed by atoms with Gasteiger partial charge in [0.25, 0.3) is 0 Å². The maximum absolute atomic E-state index is 12.4. The molecule has 0 bridgehead atoms. The molecule has 24 heavy (non-hydrogen) atoms. The number of hydrogen-bond acceptors (Lipinski definition) is 4. The highest BCUT2D eigenvalue weighted by Crippen LogP contribution is 2.39. The van der Waals surface area contributed by atoms with E-state index in [0.717, 1.165) is 18.4 Å². The molecule has 0 saturated carbocycles. The van der Waals surface area contributed by atoms with E-state index in [9.17, 15) is 13.2 Å². The number of ether oxygens (including phenoxy) is 1. The van der Waals surface area contributed by atoms with Gasteiger partial charge in [0.2, 0.25) is 9.05 Å². The van der Waals surface area contributed by atoms with Crippen LogP contribution >= 0.6 is 10.7 Å². The molecule has 7 heteroatoms. The highest BCUT2D eigenvalue weighted by atomic mass is 35.7. The van der Waals surface area contributed by atoms with E-state index >= 15 is 0 Å². The Labute approximate surface area is 148 Å². The summed E-state index contributed by atoms with van der Waals surface area (Å²) in [4.78, 5) is 14.0. The number of carbonyl (C=O) groups excluding carboxylic acids is 1. The Bertz CT molecular complexity index is 662. The first-order chi connectivity index (χ1) is 11.2. The van der Waals surface area contributed by atoms with Crippen LogP contribution in [0.3, 0.4) is 0 Å². The van der Waals surface area contributed by atoms with Crippen LogP contribution in [0.15, 0.2) is 30.3 Å². The summed E-state index contributed by atoms with van der Waals surface area (Å²) in [6.07, 6.45) is 1.07. The summed E-state index contributed by atoms with van der Waals surface area (Å²) in [6, 6.07) is 9.46. The van der Waals surface area contributed by atoms with E-state index in [-0.39, 0.29) is 18.3 Å². The van der Waals surface area contributed by atoms with Crippen molar-refractivity contribution in [3.8, 4) is 0 Å². The van der Waals surface area contributed by atoms with Crippen LogP contribution in [0, 0.1) is 11.3 Å². The molecule has 1 aromatic rings. The molecule has 1 atom stereocenters. The van der Waals surface area contributed by atoms with E-state index in [4.69, 9.17) is 15.4 Å². The number of likely N-dealkylation sites (tertiary alicyclic amines) is 1. The van der Waals surface area contributed by atoms with Gasteiger partial charge in [0, 0.05) is 29.2 Å². The van der Waals surface area contributed by atoms with Crippen LogP contribution in [-0.2, 0) is 20.4 Å². The molecule has 134 valence electrons. The maximum Gasteiger partial charge on any atom is 0.410 e. The maximum atomic E-state index is 12.4. The molecule has 1 aliphatic heterocycles. The van der Waals surface area contributed by atoms with E-state index < -0.39 is 20.6 Å². The molecule has 1 amide bonds. The number of carbonyl (C=O) groups is 1. The zero-order valence-corrected chi connectivity index (χ0v) is 15.6. The molecule has 5 nitrogen and oxygen atoms in total. The molecule has 2 rings (SSSR count). The SMILES string of the molecule is CC(C)C1(CS(=O)(=O)Cl)CCCN(C(=O)OCc2ccccc2)C1. The topological polar surface area (TPSA) is 63.7 Å². The van der Waals surface area contributed by atoms with Crippen LogP contribution in [-0.4, -0.2) is 38.3 Å². The van der Waals surface area contributed by atoms with Crippen molar-refractivity contribution >= 4 is 25.8 Å². The molecule has 1 unspecified atom stereocenters. The second-order valence-electron chi connectivity index (χ2n) is 6.77. The highest BCUT2D eigenvalue weighted by Gasteiger charge is 2.43. The van der Waals surface area contributed by atoms with Crippen LogP contribution in [0.1, 0.15) is 32.3 Å². The van der Waals surface area contributed by atoms with Crippen LogP contribution in [0.5, 0.6) is 0 Å². The smallest absolute Gasteiger partial charge is 0.410 e. The number of halogens is 1. The Kier molecular flexibility index (Phi) is 6.15. The van der Waals surface area contributed by atoms with Crippen LogP contribution < -0.4 is 0 Å². The van der Waals surface area contributed by atoms with Crippen molar-refractivity contribution in [3.63, 3.8) is 0 Å². The first kappa shape index (κ1) is 19.1. The summed E-state index contributed by atoms with van der Waals surface area (Å²) < 4.78 is 28.6. The van der Waals surface area contributed by atoms with E-state index in [1.165, 1.54) is 0 Å². The number of hydrogen-bond donors (Lipinski definition) is 0. The van der Waals surface area contributed by atoms with Gasteiger partial charge in [-0.3, -0.25) is 0 Å². The molecule has 1 aliphatic rings. The standard InChI is InChI=1S/C17H24ClNO4S/c1-14(2)17(13-24(18,21)22)9-6-10-19(12-17)16(20)23-11-15-7-4-3-5-8-15/h3-5,7-8,14H,6,9-13H2,1-2H3. The van der Waals surface area contributed by atoms with Gasteiger partial charge in [-0.25, -0.2) is 13.2 Å². The van der Waals surface area contributed by atoms with Crippen LogP contribution in [0.25, 0.3) is 0 Å². The summed E-state index contributed by atoms with van der Waals surface area (Å²) in [5.74, 6) is -0.0300. The quantitative estimate of drug-likeness (QED) is 0.739. The number of piperidine rings is 1. The first-order valence-corrected chi connectivity index (χ1v) is 10.6. The van der Waals surface area contributed by atoms with Crippen molar-refractivity contribution in [2.24, 2.45) is 11.3 Å². The van der Waals surface area contributed by atoms with Crippen molar-refractivity contribution in [2.75, 3.05) is 18.8 Å². The van der Waals surface area contributed by atoms with Gasteiger partial charge in [-0.05, 0) is 24.3 Å². The summed E-state index contributed by atoms with van der Waals surface area (Å²) in [5, 5.41) is 0. The summed E-state index contributed by atoms with van der Waals surface area (Å²) >= 11 is 0. The monoisotopic (exact) mass is 373 g/mol. The lowest BCUT2D eigenvalue weighted by atomic mass is 9.73. The average Bonchev–Trinajstić information content (AvgIpc) is 2.52. The van der Waals surface area contributed by atoms with Crippen molar-refractivity contribution in [2.45, 2.75) is 33.3 Å². The van der Waals surface area contributed by atoms with E-state index in [1.54, 1.807) is 4.90 Å². The lowest BCUT2D eigenvalue weighted by Gasteiger charge is -2.44. The molecule has 0 aromatic heterocycles. The number of benzene rings is 1. The minimum absolute atomic E-state index is 0.0933. The molecule has 1 saturated heterocycles. The fourth-order valence-electron chi connectivity index (χ4n) is 3.23. The Morgan fingerprint density at radius 3 is 2.58 bits per heavy atom. The Morgan fingerprint density at radius 2 is 2.00 bits per heavy atom. The number of amides is 1. The van der Waals surface area contributed by atoms with Crippen molar-refractivity contribution in [1.29, 1.82) is 0 Å². The summed E-state index contributed by atoms with van der Waals surface area (Å²) in [7, 11) is 1.87. The molecule has 1 heterocycles. The molecule has 1 aromatic carbocycles. The normalized spacial score (nSPS) is 21.8. The second-order valence-corrected chi connectivity index (χ2v) is 9.54. The summed E-state index contributed by atoms with van der Waals surface area (Å²) in [6.45, 7) is 5.08. The Hall–Kier alpha value is -1.27. The fourth-order valence-corrected chi connectivity index (χ4v) is 5.13. The fraction of sp³-hybridized carbons (Fsp3) is 0.588. The third-order valence-corrected chi connectivity index (χ3v) is 6.00. The average molecular weight is 374 g/mol. The van der Waals surface area contributed by atoms with Crippen molar-refractivity contribution in [3.05, 3.63) is 35.9 Å². The van der Waals surface area contributed by atoms with Gasteiger partial charge in [-0.1, -0.05) is 44.2 Å². The third kappa shape index (κ3) is 5.11. The predicted octanol–water partition coefficient (Wildman–Crippen LogP) is 3.63. The van der Waals surface area contributed by atoms with Crippen LogP contribution in [0.2, 0.25) is 0 Å². The van der Waals surface area contributed by atoms with Gasteiger partial charge < -0.3 is 9.64 Å². The zero-order chi connectivity index (χ0) is 17.8. The minimum Gasteiger partial charge on any atom is -0.445 e. The molecule has 0 aliphatic carbocycles. The molecule has 0 N–H and O–H groups in total. The van der Waals surface area contributed by atoms with Crippen LogP contribution in [0.4, 0.5) is 4.79 Å². The lowest BCUT2D eigenvalue weighted by molar-refractivity contribution is 0.0411. The first-order valence-electron chi connectivity index (χ1n) is 8.10. The van der Waals surface area contributed by atoms with E-state index in [1.807, 2.05) is 44.2 Å². The number of rotatable bonds is 5. The van der Waals surface area contributed by atoms with Crippen molar-refractivity contribution in [1.82, 2.24) is 4.90 Å². The zero-order valence-electron chi connectivity index (χ0n) is 14.1. The Balaban J connectivity index is 2.03. The Morgan fingerprint density at radius 1 is 1.33 bits per heavy atom. The largest absolute Gasteiger partial charge is 0.445 e. The predicted molar refractivity (Wildman–Crippen MR) is 94.3 cm³/mol. The molecular weight excluding hydrogens is 350 g/mol. The second kappa shape index (κ2) is 7.74. The van der Waals surface area contributed by atoms with Gasteiger partial charge in [0.15, 0.2) is 0 Å². The molecular formula is C17H24ClNO4S. The van der Waals surface area contributed by atoms with Gasteiger partial charge >= 0.3 is 6.09 Å². The molecule has 1 fully saturated rings. The van der Waals surface area contributed by atoms with E-state index in [0.29, 0.717) is 13.1 Å². The number of nitrogens with zero attached hydrogens (tertiary/aromatic N) is 1. The molecule has 0 radical (unpaired) electrons. The van der Waals surface area contributed by atoms with Gasteiger partial charge in [0.1, 0.15) is 6.61 Å². The van der Waals surface area contributed by atoms with E-state index in [2.05, 4.69) is 0 Å². The van der Waals surface area contributed by atoms with Gasteiger partial charge in [-0.15, -0.1) is 0 Å². The van der Waals surface area contributed by atoms with Gasteiger partial charge in [-0.2, -0.15) is 0 Å². The summed E-state index contributed by atoms with van der Waals surface area (Å²) in [5.41, 5.74) is 0.395. The minimum atomic E-state index is -3.64. The third-order valence-electron chi connectivity index (χ3n) is 4.76. The van der Waals surface area contributed by atoms with Crippen molar-refractivity contribution < 1.29 is 17.9 Å². The van der Waals surface area contributed by atoms with Gasteiger partial charge in [0.05, 0.1) is 5.75 Å². The highest BCUT2D eigenvalue weighted by molar-refractivity contribution is 8.13.